The van der Waals surface area contributed by atoms with E-state index < -0.39 is 0 Å². The molecule has 3 rings (SSSR count). The maximum absolute atomic E-state index is 13.9. The molecule has 0 unspecified atom stereocenters. The third-order valence-corrected chi connectivity index (χ3v) is 2.84. The molecule has 0 amide bonds. The van der Waals surface area contributed by atoms with Gasteiger partial charge in [0.05, 0.1) is 23.9 Å². The molecule has 0 saturated heterocycles. The number of nitrogens with two attached hydrogens (primary N) is 1. The maximum atomic E-state index is 13.9. The van der Waals surface area contributed by atoms with Gasteiger partial charge in [-0.25, -0.2) is 9.37 Å². The summed E-state index contributed by atoms with van der Waals surface area (Å²) in [4.78, 5) is 8.05. The summed E-state index contributed by atoms with van der Waals surface area (Å²) in [5.41, 5.74) is 8.29. The fourth-order valence-electron chi connectivity index (χ4n) is 1.94. The summed E-state index contributed by atoms with van der Waals surface area (Å²) in [5.74, 6) is -0.345. The van der Waals surface area contributed by atoms with Crippen LogP contribution in [0.15, 0.2) is 55.2 Å². The highest BCUT2D eigenvalue weighted by Gasteiger charge is 2.10. The first-order valence-corrected chi connectivity index (χ1v) is 5.74. The van der Waals surface area contributed by atoms with Crippen molar-refractivity contribution in [3.8, 4) is 16.9 Å². The molecule has 2 heterocycles. The summed E-state index contributed by atoms with van der Waals surface area (Å²) in [6.45, 7) is 0. The van der Waals surface area contributed by atoms with Gasteiger partial charge in [-0.15, -0.1) is 0 Å². The highest BCUT2D eigenvalue weighted by molar-refractivity contribution is 5.62. The molecule has 94 valence electrons. The van der Waals surface area contributed by atoms with Crippen molar-refractivity contribution in [1.29, 1.82) is 0 Å². The van der Waals surface area contributed by atoms with Crippen molar-refractivity contribution >= 4 is 5.69 Å². The van der Waals surface area contributed by atoms with Gasteiger partial charge in [0.25, 0.3) is 0 Å². The Hall–Kier alpha value is -2.69. The summed E-state index contributed by atoms with van der Waals surface area (Å²) in [6, 6.07) is 8.15. The Morgan fingerprint density at radius 1 is 1.05 bits per heavy atom. The van der Waals surface area contributed by atoms with Crippen LogP contribution in [0.2, 0.25) is 0 Å². The minimum atomic E-state index is -0.345. The molecule has 19 heavy (non-hydrogen) atoms. The molecule has 0 fully saturated rings. The number of benzene rings is 1. The predicted molar refractivity (Wildman–Crippen MR) is 71.2 cm³/mol. The van der Waals surface area contributed by atoms with Crippen molar-refractivity contribution < 1.29 is 4.39 Å². The SMILES string of the molecule is Nc1ccc(F)c(-n2cncc2-c2ccncc2)c1. The molecule has 0 atom stereocenters. The minimum absolute atomic E-state index is 0.345. The largest absolute Gasteiger partial charge is 0.399 e. The zero-order chi connectivity index (χ0) is 13.2. The molecule has 0 radical (unpaired) electrons. The zero-order valence-electron chi connectivity index (χ0n) is 9.99. The number of aromatic nitrogens is 3. The number of hydrogen-bond donors (Lipinski definition) is 1. The molecule has 0 aliphatic rings. The highest BCUT2D eigenvalue weighted by atomic mass is 19.1. The van der Waals surface area contributed by atoms with Crippen molar-refractivity contribution in [3.63, 3.8) is 0 Å². The molecule has 0 aliphatic carbocycles. The van der Waals surface area contributed by atoms with Crippen LogP contribution in [-0.4, -0.2) is 14.5 Å². The fourth-order valence-corrected chi connectivity index (χ4v) is 1.94. The van der Waals surface area contributed by atoms with Crippen LogP contribution >= 0.6 is 0 Å². The molecule has 0 spiro atoms. The molecular weight excluding hydrogens is 243 g/mol. The van der Waals surface area contributed by atoms with E-state index in [1.807, 2.05) is 12.1 Å². The Labute approximate surface area is 109 Å². The lowest BCUT2D eigenvalue weighted by molar-refractivity contribution is 0.619. The molecule has 0 saturated carbocycles. The average Bonchev–Trinajstić information content (AvgIpc) is 2.91. The van der Waals surface area contributed by atoms with E-state index >= 15 is 0 Å². The normalized spacial score (nSPS) is 10.6. The number of nitrogens with zero attached hydrogens (tertiary/aromatic N) is 3. The van der Waals surface area contributed by atoms with E-state index in [4.69, 9.17) is 5.73 Å². The third-order valence-electron chi connectivity index (χ3n) is 2.84. The number of halogens is 1. The summed E-state index contributed by atoms with van der Waals surface area (Å²) >= 11 is 0. The van der Waals surface area contributed by atoms with Crippen LogP contribution in [0.5, 0.6) is 0 Å². The first-order valence-electron chi connectivity index (χ1n) is 5.74. The van der Waals surface area contributed by atoms with Gasteiger partial charge in [-0.3, -0.25) is 9.55 Å². The number of hydrogen-bond acceptors (Lipinski definition) is 3. The van der Waals surface area contributed by atoms with Crippen molar-refractivity contribution in [2.45, 2.75) is 0 Å². The first-order chi connectivity index (χ1) is 9.25. The van der Waals surface area contributed by atoms with Crippen molar-refractivity contribution in [2.24, 2.45) is 0 Å². The highest BCUT2D eigenvalue weighted by Crippen LogP contribution is 2.24. The zero-order valence-corrected chi connectivity index (χ0v) is 9.99. The predicted octanol–water partition coefficient (Wildman–Crippen LogP) is 2.66. The van der Waals surface area contributed by atoms with E-state index in [1.54, 1.807) is 35.6 Å². The topological polar surface area (TPSA) is 56.7 Å². The Kier molecular flexibility index (Phi) is 2.72. The standard InChI is InChI=1S/C14H11FN4/c15-12-2-1-11(16)7-13(12)19-9-18-8-14(19)10-3-5-17-6-4-10/h1-9H,16H2. The number of anilines is 1. The van der Waals surface area contributed by atoms with Crippen molar-refractivity contribution in [2.75, 3.05) is 5.73 Å². The lowest BCUT2D eigenvalue weighted by atomic mass is 10.2. The van der Waals surface area contributed by atoms with E-state index in [1.165, 1.54) is 12.1 Å². The van der Waals surface area contributed by atoms with Crippen LogP contribution < -0.4 is 5.73 Å². The van der Waals surface area contributed by atoms with Gasteiger partial charge in [-0.2, -0.15) is 0 Å². The Balaban J connectivity index is 2.18. The second-order valence-corrected chi connectivity index (χ2v) is 4.10. The van der Waals surface area contributed by atoms with Crippen LogP contribution in [0, 0.1) is 5.82 Å². The number of rotatable bonds is 2. The van der Waals surface area contributed by atoms with Gasteiger partial charge < -0.3 is 5.73 Å². The quantitative estimate of drug-likeness (QED) is 0.715. The van der Waals surface area contributed by atoms with Crippen LogP contribution in [0.25, 0.3) is 16.9 Å². The average molecular weight is 254 g/mol. The van der Waals surface area contributed by atoms with Crippen LogP contribution in [0.3, 0.4) is 0 Å². The summed E-state index contributed by atoms with van der Waals surface area (Å²) in [6.07, 6.45) is 6.61. The van der Waals surface area contributed by atoms with Crippen molar-refractivity contribution in [3.05, 3.63) is 61.1 Å². The van der Waals surface area contributed by atoms with Crippen LogP contribution in [0.1, 0.15) is 0 Å². The van der Waals surface area contributed by atoms with Gasteiger partial charge in [0.15, 0.2) is 0 Å². The van der Waals surface area contributed by atoms with Crippen molar-refractivity contribution in [1.82, 2.24) is 14.5 Å². The van der Waals surface area contributed by atoms with E-state index in [0.717, 1.165) is 11.3 Å². The second kappa shape index (κ2) is 4.53. The van der Waals surface area contributed by atoms with Gasteiger partial charge in [0.2, 0.25) is 0 Å². The second-order valence-electron chi connectivity index (χ2n) is 4.10. The Morgan fingerprint density at radius 3 is 2.63 bits per heavy atom. The number of imidazole rings is 1. The van der Waals surface area contributed by atoms with Gasteiger partial charge >= 0.3 is 0 Å². The molecule has 5 heteroatoms. The first kappa shape index (κ1) is 11.4. The van der Waals surface area contributed by atoms with Gasteiger partial charge in [0, 0.05) is 23.6 Å². The van der Waals surface area contributed by atoms with Gasteiger partial charge in [-0.1, -0.05) is 0 Å². The fraction of sp³-hybridized carbons (Fsp3) is 0. The van der Waals surface area contributed by atoms with Crippen LogP contribution in [0.4, 0.5) is 10.1 Å². The van der Waals surface area contributed by atoms with E-state index in [-0.39, 0.29) is 5.82 Å². The molecule has 0 bridgehead atoms. The molecular formula is C14H11FN4. The Morgan fingerprint density at radius 2 is 1.84 bits per heavy atom. The smallest absolute Gasteiger partial charge is 0.147 e. The minimum Gasteiger partial charge on any atom is -0.399 e. The number of nitrogen functional groups attached to an aromatic ring is 1. The summed E-state index contributed by atoms with van der Waals surface area (Å²) < 4.78 is 15.6. The molecule has 0 aliphatic heterocycles. The molecule has 4 nitrogen and oxygen atoms in total. The third kappa shape index (κ3) is 2.06. The Bertz CT molecular complexity index is 706. The molecule has 2 aromatic heterocycles. The van der Waals surface area contributed by atoms with E-state index in [9.17, 15) is 4.39 Å². The summed E-state index contributed by atoms with van der Waals surface area (Å²) in [7, 11) is 0. The van der Waals surface area contributed by atoms with E-state index in [0.29, 0.717) is 11.4 Å². The number of pyridine rings is 1. The van der Waals surface area contributed by atoms with Crippen LogP contribution in [-0.2, 0) is 0 Å². The lowest BCUT2D eigenvalue weighted by Gasteiger charge is -2.09. The lowest BCUT2D eigenvalue weighted by Crippen LogP contribution is -2.00. The molecule has 1 aromatic carbocycles. The van der Waals surface area contributed by atoms with Gasteiger partial charge in [-0.05, 0) is 30.3 Å². The summed E-state index contributed by atoms with van der Waals surface area (Å²) in [5, 5.41) is 0. The monoisotopic (exact) mass is 254 g/mol. The molecule has 3 aromatic rings. The maximum Gasteiger partial charge on any atom is 0.147 e. The van der Waals surface area contributed by atoms with Gasteiger partial charge in [0.1, 0.15) is 5.82 Å². The van der Waals surface area contributed by atoms with E-state index in [2.05, 4.69) is 9.97 Å². The molecule has 2 N–H and O–H groups in total.